The Labute approximate surface area is 90.3 Å². The number of carbonyl (C=O) groups is 1. The molecule has 0 unspecified atom stereocenters. The molecular formula is C12H17NO2. The van der Waals surface area contributed by atoms with E-state index < -0.39 is 0 Å². The van der Waals surface area contributed by atoms with E-state index in [2.05, 4.69) is 13.8 Å². The van der Waals surface area contributed by atoms with Crippen molar-refractivity contribution in [2.24, 2.45) is 0 Å². The number of benzene rings is 1. The van der Waals surface area contributed by atoms with E-state index >= 15 is 0 Å². The van der Waals surface area contributed by atoms with Crippen molar-refractivity contribution in [1.82, 2.24) is 0 Å². The highest BCUT2D eigenvalue weighted by molar-refractivity contribution is 5.84. The number of aldehydes is 1. The van der Waals surface area contributed by atoms with Crippen molar-refractivity contribution in [3.8, 4) is 5.75 Å². The Morgan fingerprint density at radius 2 is 1.93 bits per heavy atom. The molecule has 0 saturated heterocycles. The predicted octanol–water partition coefficient (Wildman–Crippen LogP) is 2.39. The minimum atomic E-state index is 0.0550. The third-order valence-corrected chi connectivity index (χ3v) is 2.42. The first-order valence-electron chi connectivity index (χ1n) is 4.96. The number of anilines is 1. The van der Waals surface area contributed by atoms with Crippen molar-refractivity contribution < 1.29 is 9.90 Å². The molecule has 82 valence electrons. The van der Waals surface area contributed by atoms with E-state index in [4.69, 9.17) is 0 Å². The van der Waals surface area contributed by atoms with Gasteiger partial charge in [0.2, 0.25) is 0 Å². The van der Waals surface area contributed by atoms with Gasteiger partial charge in [-0.05, 0) is 23.6 Å². The molecule has 3 nitrogen and oxygen atoms in total. The van der Waals surface area contributed by atoms with Crippen LogP contribution >= 0.6 is 0 Å². The van der Waals surface area contributed by atoms with Crippen LogP contribution in [0.4, 0.5) is 5.69 Å². The first kappa shape index (κ1) is 11.6. The highest BCUT2D eigenvalue weighted by atomic mass is 16.3. The summed E-state index contributed by atoms with van der Waals surface area (Å²) in [5.74, 6) is 0.391. The van der Waals surface area contributed by atoms with Crippen LogP contribution in [0.15, 0.2) is 12.1 Å². The lowest BCUT2D eigenvalue weighted by Gasteiger charge is -2.18. The third-order valence-electron chi connectivity index (χ3n) is 2.42. The normalized spacial score (nSPS) is 10.5. The van der Waals surface area contributed by atoms with E-state index in [1.165, 1.54) is 0 Å². The van der Waals surface area contributed by atoms with Gasteiger partial charge < -0.3 is 10.0 Å². The molecule has 0 heterocycles. The Balaban J connectivity index is 3.38. The van der Waals surface area contributed by atoms with Crippen LogP contribution in [-0.4, -0.2) is 25.5 Å². The van der Waals surface area contributed by atoms with E-state index in [0.29, 0.717) is 23.5 Å². The molecule has 0 amide bonds. The average molecular weight is 207 g/mol. The first-order valence-corrected chi connectivity index (χ1v) is 4.96. The molecule has 0 aliphatic carbocycles. The molecule has 0 fully saturated rings. The molecule has 15 heavy (non-hydrogen) atoms. The Kier molecular flexibility index (Phi) is 3.35. The van der Waals surface area contributed by atoms with Crippen LogP contribution in [0.3, 0.4) is 0 Å². The summed E-state index contributed by atoms with van der Waals surface area (Å²) in [6.45, 7) is 4.11. The second kappa shape index (κ2) is 4.34. The Morgan fingerprint density at radius 1 is 1.33 bits per heavy atom. The number of nitrogens with zero attached hydrogens (tertiary/aromatic N) is 1. The summed E-state index contributed by atoms with van der Waals surface area (Å²) in [5.41, 5.74) is 2.09. The summed E-state index contributed by atoms with van der Waals surface area (Å²) in [4.78, 5) is 12.6. The zero-order valence-electron chi connectivity index (χ0n) is 9.61. The molecule has 0 aromatic heterocycles. The fourth-order valence-electron chi connectivity index (χ4n) is 1.43. The fraction of sp³-hybridized carbons (Fsp3) is 0.417. The molecule has 1 aromatic carbocycles. The quantitative estimate of drug-likeness (QED) is 0.774. The topological polar surface area (TPSA) is 40.5 Å². The van der Waals surface area contributed by atoms with Gasteiger partial charge >= 0.3 is 0 Å². The van der Waals surface area contributed by atoms with Gasteiger partial charge in [-0.1, -0.05) is 13.8 Å². The van der Waals surface area contributed by atoms with Crippen LogP contribution < -0.4 is 4.90 Å². The summed E-state index contributed by atoms with van der Waals surface area (Å²) < 4.78 is 0. The number of rotatable bonds is 3. The van der Waals surface area contributed by atoms with Crippen LogP contribution in [0.2, 0.25) is 0 Å². The molecule has 0 spiro atoms. The van der Waals surface area contributed by atoms with Crippen molar-refractivity contribution in [1.29, 1.82) is 0 Å². The standard InChI is InChI=1S/C12H17NO2/c1-8(2)9-5-10(7-14)12(15)11(6-9)13(3)4/h5-8,15H,1-4H3. The van der Waals surface area contributed by atoms with Crippen molar-refractivity contribution >= 4 is 12.0 Å². The van der Waals surface area contributed by atoms with Crippen molar-refractivity contribution in [3.05, 3.63) is 23.3 Å². The lowest BCUT2D eigenvalue weighted by atomic mass is 9.99. The number of aromatic hydroxyl groups is 1. The van der Waals surface area contributed by atoms with Gasteiger partial charge in [0.1, 0.15) is 5.75 Å². The molecule has 1 aromatic rings. The second-order valence-corrected chi connectivity index (χ2v) is 4.14. The van der Waals surface area contributed by atoms with Crippen molar-refractivity contribution in [3.63, 3.8) is 0 Å². The molecule has 0 bridgehead atoms. The first-order chi connectivity index (χ1) is 6.97. The zero-order chi connectivity index (χ0) is 11.6. The van der Waals surface area contributed by atoms with Gasteiger partial charge in [0.25, 0.3) is 0 Å². The SMILES string of the molecule is CC(C)c1cc(C=O)c(O)c(N(C)C)c1. The van der Waals surface area contributed by atoms with Gasteiger partial charge in [0.15, 0.2) is 6.29 Å². The van der Waals surface area contributed by atoms with E-state index in [9.17, 15) is 9.90 Å². The maximum absolute atomic E-state index is 10.8. The minimum Gasteiger partial charge on any atom is -0.505 e. The summed E-state index contributed by atoms with van der Waals surface area (Å²) in [6.07, 6.45) is 0.689. The lowest BCUT2D eigenvalue weighted by molar-refractivity contribution is 0.112. The highest BCUT2D eigenvalue weighted by Gasteiger charge is 2.12. The van der Waals surface area contributed by atoms with Crippen LogP contribution in [0.1, 0.15) is 35.7 Å². The van der Waals surface area contributed by atoms with Crippen LogP contribution in [-0.2, 0) is 0 Å². The van der Waals surface area contributed by atoms with E-state index in [1.807, 2.05) is 20.2 Å². The number of carbonyl (C=O) groups excluding carboxylic acids is 1. The lowest BCUT2D eigenvalue weighted by Crippen LogP contribution is -2.10. The number of phenolic OH excluding ortho intramolecular Hbond substituents is 1. The molecule has 1 N–H and O–H groups in total. The van der Waals surface area contributed by atoms with Crippen molar-refractivity contribution in [2.75, 3.05) is 19.0 Å². The van der Waals surface area contributed by atoms with Gasteiger partial charge in [-0.15, -0.1) is 0 Å². The largest absolute Gasteiger partial charge is 0.505 e. The number of hydrogen-bond donors (Lipinski definition) is 1. The van der Waals surface area contributed by atoms with Crippen LogP contribution in [0.5, 0.6) is 5.75 Å². The average Bonchev–Trinajstić information content (AvgIpc) is 2.17. The van der Waals surface area contributed by atoms with Gasteiger partial charge in [-0.2, -0.15) is 0 Å². The van der Waals surface area contributed by atoms with E-state index in [0.717, 1.165) is 5.56 Å². The predicted molar refractivity (Wildman–Crippen MR) is 61.9 cm³/mol. The summed E-state index contributed by atoms with van der Waals surface area (Å²) in [7, 11) is 3.68. The van der Waals surface area contributed by atoms with Crippen LogP contribution in [0.25, 0.3) is 0 Å². The Hall–Kier alpha value is -1.51. The van der Waals surface area contributed by atoms with E-state index in [-0.39, 0.29) is 5.75 Å². The molecule has 0 saturated carbocycles. The van der Waals surface area contributed by atoms with Crippen molar-refractivity contribution in [2.45, 2.75) is 19.8 Å². The Bertz CT molecular complexity index is 370. The summed E-state index contributed by atoms with van der Waals surface area (Å²) >= 11 is 0. The number of phenols is 1. The highest BCUT2D eigenvalue weighted by Crippen LogP contribution is 2.32. The zero-order valence-corrected chi connectivity index (χ0v) is 9.61. The van der Waals surface area contributed by atoms with Gasteiger partial charge in [-0.3, -0.25) is 4.79 Å². The number of hydrogen-bond acceptors (Lipinski definition) is 3. The van der Waals surface area contributed by atoms with Gasteiger partial charge in [0, 0.05) is 14.1 Å². The maximum atomic E-state index is 10.8. The molecule has 1 rings (SSSR count). The van der Waals surface area contributed by atoms with Gasteiger partial charge in [0.05, 0.1) is 11.3 Å². The maximum Gasteiger partial charge on any atom is 0.153 e. The molecule has 0 aliphatic heterocycles. The fourth-order valence-corrected chi connectivity index (χ4v) is 1.43. The smallest absolute Gasteiger partial charge is 0.153 e. The van der Waals surface area contributed by atoms with Crippen LogP contribution in [0, 0.1) is 0 Å². The Morgan fingerprint density at radius 3 is 2.33 bits per heavy atom. The second-order valence-electron chi connectivity index (χ2n) is 4.14. The summed E-state index contributed by atoms with van der Waals surface area (Å²) in [6, 6.07) is 3.65. The molecule has 0 atom stereocenters. The molecule has 0 radical (unpaired) electrons. The monoisotopic (exact) mass is 207 g/mol. The van der Waals surface area contributed by atoms with E-state index in [1.54, 1.807) is 11.0 Å². The van der Waals surface area contributed by atoms with Gasteiger partial charge in [-0.25, -0.2) is 0 Å². The summed E-state index contributed by atoms with van der Waals surface area (Å²) in [5, 5.41) is 9.79. The minimum absolute atomic E-state index is 0.0550. The third kappa shape index (κ3) is 2.29. The molecule has 3 heteroatoms. The molecular weight excluding hydrogens is 190 g/mol. The molecule has 0 aliphatic rings.